The van der Waals surface area contributed by atoms with Gasteiger partial charge in [-0.25, -0.2) is 4.98 Å². The Hall–Kier alpha value is -3.87. The van der Waals surface area contributed by atoms with Crippen LogP contribution in [0.4, 0.5) is 17.2 Å². The van der Waals surface area contributed by atoms with Gasteiger partial charge in [-0.2, -0.15) is 0 Å². The van der Waals surface area contributed by atoms with E-state index in [2.05, 4.69) is 15.6 Å². The minimum absolute atomic E-state index is 0.136. The maximum Gasteiger partial charge on any atom is 0.232 e. The highest BCUT2D eigenvalue weighted by atomic mass is 31.2. The highest BCUT2D eigenvalue weighted by molar-refractivity contribution is 7.66. The molecule has 3 aromatic carbocycles. The summed E-state index contributed by atoms with van der Waals surface area (Å²) < 4.78 is 30.0. The van der Waals surface area contributed by atoms with Crippen LogP contribution in [0.1, 0.15) is 13.8 Å². The molecule has 1 heterocycles. The van der Waals surface area contributed by atoms with Crippen molar-refractivity contribution >= 4 is 46.5 Å². The van der Waals surface area contributed by atoms with Crippen LogP contribution in [0.5, 0.6) is 17.2 Å². The molecular formula is C27H28N3O5P. The quantitative estimate of drug-likeness (QED) is 0.257. The van der Waals surface area contributed by atoms with E-state index in [0.29, 0.717) is 40.7 Å². The van der Waals surface area contributed by atoms with Crippen LogP contribution in [0.15, 0.2) is 72.9 Å². The summed E-state index contributed by atoms with van der Waals surface area (Å²) in [4.78, 5) is 16.0. The largest absolute Gasteiger partial charge is 0.496 e. The molecule has 2 N–H and O–H groups in total. The van der Waals surface area contributed by atoms with E-state index >= 15 is 0 Å². The van der Waals surface area contributed by atoms with Gasteiger partial charge in [0.2, 0.25) is 13.3 Å². The lowest BCUT2D eigenvalue weighted by atomic mass is 10.1. The van der Waals surface area contributed by atoms with Crippen LogP contribution in [0.25, 0.3) is 10.8 Å². The number of rotatable bonds is 9. The van der Waals surface area contributed by atoms with Crippen molar-refractivity contribution < 1.29 is 23.4 Å². The average molecular weight is 506 g/mol. The maximum absolute atomic E-state index is 12.9. The first kappa shape index (κ1) is 25.2. The molecule has 0 aliphatic heterocycles. The highest BCUT2D eigenvalue weighted by Crippen LogP contribution is 2.44. The van der Waals surface area contributed by atoms with Crippen LogP contribution >= 0.6 is 7.37 Å². The molecule has 186 valence electrons. The second kappa shape index (κ2) is 10.8. The zero-order valence-corrected chi connectivity index (χ0v) is 21.5. The van der Waals surface area contributed by atoms with E-state index in [0.717, 1.165) is 16.5 Å². The lowest BCUT2D eigenvalue weighted by molar-refractivity contribution is -0.114. The summed E-state index contributed by atoms with van der Waals surface area (Å²) in [6.07, 6.45) is 1.65. The Balaban J connectivity index is 1.59. The number of benzene rings is 3. The van der Waals surface area contributed by atoms with E-state index in [4.69, 9.17) is 14.0 Å². The number of aromatic nitrogens is 1. The number of pyridine rings is 1. The molecule has 0 aliphatic carbocycles. The molecule has 0 saturated carbocycles. The third-order valence-electron chi connectivity index (χ3n) is 5.42. The minimum atomic E-state index is -2.99. The van der Waals surface area contributed by atoms with Crippen molar-refractivity contribution in [3.63, 3.8) is 0 Å². The third-order valence-corrected chi connectivity index (χ3v) is 7.41. The maximum atomic E-state index is 12.9. The van der Waals surface area contributed by atoms with Gasteiger partial charge in [-0.3, -0.25) is 9.36 Å². The molecule has 0 bridgehead atoms. The Kier molecular flexibility index (Phi) is 7.58. The van der Waals surface area contributed by atoms with Gasteiger partial charge in [0.05, 0.1) is 19.0 Å². The number of carbonyl (C=O) groups excluding carboxylic acids is 1. The molecular weight excluding hydrogens is 477 g/mol. The summed E-state index contributed by atoms with van der Waals surface area (Å²) >= 11 is 0. The Labute approximate surface area is 210 Å². The van der Waals surface area contributed by atoms with Crippen molar-refractivity contribution in [3.8, 4) is 17.2 Å². The minimum Gasteiger partial charge on any atom is -0.496 e. The summed E-state index contributed by atoms with van der Waals surface area (Å²) in [5, 5.41) is 8.36. The lowest BCUT2D eigenvalue weighted by Crippen LogP contribution is -2.11. The van der Waals surface area contributed by atoms with Crippen molar-refractivity contribution in [1.29, 1.82) is 0 Å². The number of anilines is 3. The molecule has 4 rings (SSSR count). The van der Waals surface area contributed by atoms with Gasteiger partial charge in [-0.05, 0) is 37.3 Å². The third kappa shape index (κ3) is 5.67. The normalized spacial score (nSPS) is 12.6. The Morgan fingerprint density at radius 1 is 1.00 bits per heavy atom. The van der Waals surface area contributed by atoms with Gasteiger partial charge in [-0.15, -0.1) is 0 Å². The topological polar surface area (TPSA) is 98.8 Å². The zero-order chi connectivity index (χ0) is 25.7. The van der Waals surface area contributed by atoms with Gasteiger partial charge < -0.3 is 24.6 Å². The van der Waals surface area contributed by atoms with Gasteiger partial charge in [0.25, 0.3) is 0 Å². The lowest BCUT2D eigenvalue weighted by Gasteiger charge is -2.17. The Bertz CT molecular complexity index is 1460. The molecule has 1 amide bonds. The highest BCUT2D eigenvalue weighted by Gasteiger charge is 2.23. The molecule has 1 atom stereocenters. The van der Waals surface area contributed by atoms with Crippen LogP contribution in [0.3, 0.4) is 0 Å². The molecule has 8 nitrogen and oxygen atoms in total. The number of nitrogens with one attached hydrogen (secondary N) is 2. The van der Waals surface area contributed by atoms with Crippen LogP contribution in [-0.2, 0) is 13.9 Å². The molecule has 0 radical (unpaired) electrons. The number of hydrogen-bond acceptors (Lipinski definition) is 7. The number of methoxy groups -OCH3 is 1. The first-order valence-corrected chi connectivity index (χ1v) is 13.5. The van der Waals surface area contributed by atoms with E-state index in [1.807, 2.05) is 36.4 Å². The van der Waals surface area contributed by atoms with E-state index in [1.54, 1.807) is 50.1 Å². The summed E-state index contributed by atoms with van der Waals surface area (Å²) in [6.45, 7) is 5.21. The molecule has 36 heavy (non-hydrogen) atoms. The van der Waals surface area contributed by atoms with Crippen molar-refractivity contribution in [2.24, 2.45) is 0 Å². The molecule has 0 fully saturated rings. The monoisotopic (exact) mass is 505 g/mol. The molecule has 4 aromatic rings. The Morgan fingerprint density at radius 3 is 2.50 bits per heavy atom. The summed E-state index contributed by atoms with van der Waals surface area (Å²) in [7, 11) is -1.46. The molecule has 1 aromatic heterocycles. The van der Waals surface area contributed by atoms with Gasteiger partial charge in [0, 0.05) is 54.1 Å². The predicted octanol–water partition coefficient (Wildman–Crippen LogP) is 6.31. The smallest absolute Gasteiger partial charge is 0.232 e. The first-order valence-electron chi connectivity index (χ1n) is 11.4. The first-order chi connectivity index (χ1) is 17.3. The predicted molar refractivity (Wildman–Crippen MR) is 144 cm³/mol. The SMILES string of the molecule is CCOP(C)(=O)c1ccc(Nc2cc(Oc3ccc(NC(C)=O)c4ccccc34)ccn2)cc1OC. The number of amides is 1. The van der Waals surface area contributed by atoms with E-state index in [1.165, 1.54) is 14.0 Å². The van der Waals surface area contributed by atoms with Crippen molar-refractivity contribution in [3.05, 3.63) is 72.9 Å². The fourth-order valence-corrected chi connectivity index (χ4v) is 5.42. The number of carbonyl (C=O) groups is 1. The number of ether oxygens (including phenoxy) is 2. The Morgan fingerprint density at radius 2 is 1.78 bits per heavy atom. The van der Waals surface area contributed by atoms with Crippen molar-refractivity contribution in [1.82, 2.24) is 4.98 Å². The number of nitrogens with zero attached hydrogens (tertiary/aromatic N) is 1. The van der Waals surface area contributed by atoms with Gasteiger partial charge in [0.1, 0.15) is 23.1 Å². The van der Waals surface area contributed by atoms with Crippen molar-refractivity contribution in [2.75, 3.05) is 31.0 Å². The fourth-order valence-electron chi connectivity index (χ4n) is 3.88. The van der Waals surface area contributed by atoms with Gasteiger partial charge in [-0.1, -0.05) is 24.3 Å². The van der Waals surface area contributed by atoms with Crippen LogP contribution in [-0.4, -0.2) is 31.3 Å². The molecule has 9 heteroatoms. The number of fused-ring (bicyclic) bond motifs is 1. The summed E-state index contributed by atoms with van der Waals surface area (Å²) in [5.74, 6) is 2.13. The average Bonchev–Trinajstić information content (AvgIpc) is 2.85. The standard InChI is InChI=1S/C27H28N3O5P/c1-5-34-36(4,32)26-13-10-19(16-25(26)33-3)30-27-17-20(14-15-28-27)35-24-12-11-23(29-18(2)31)21-8-6-7-9-22(21)24/h6-17H,5H2,1-4H3,(H,28,30)(H,29,31). The molecule has 1 unspecified atom stereocenters. The number of hydrogen-bond donors (Lipinski definition) is 2. The van der Waals surface area contributed by atoms with E-state index in [9.17, 15) is 9.36 Å². The molecule has 0 aliphatic rings. The second-order valence-electron chi connectivity index (χ2n) is 8.09. The zero-order valence-electron chi connectivity index (χ0n) is 20.6. The van der Waals surface area contributed by atoms with E-state index in [-0.39, 0.29) is 5.91 Å². The second-order valence-corrected chi connectivity index (χ2v) is 10.5. The van der Waals surface area contributed by atoms with Crippen LogP contribution in [0.2, 0.25) is 0 Å². The summed E-state index contributed by atoms with van der Waals surface area (Å²) in [5.41, 5.74) is 1.43. The van der Waals surface area contributed by atoms with E-state index < -0.39 is 7.37 Å². The fraction of sp³-hybridized carbons (Fsp3) is 0.185. The molecule has 0 spiro atoms. The van der Waals surface area contributed by atoms with Crippen LogP contribution < -0.4 is 25.4 Å². The van der Waals surface area contributed by atoms with Gasteiger partial charge in [0.15, 0.2) is 0 Å². The molecule has 0 saturated heterocycles. The van der Waals surface area contributed by atoms with Crippen molar-refractivity contribution in [2.45, 2.75) is 13.8 Å². The van der Waals surface area contributed by atoms with Crippen LogP contribution in [0, 0.1) is 0 Å². The summed E-state index contributed by atoms with van der Waals surface area (Å²) in [6, 6.07) is 20.2. The van der Waals surface area contributed by atoms with Gasteiger partial charge >= 0.3 is 0 Å².